The summed E-state index contributed by atoms with van der Waals surface area (Å²) in [6.07, 6.45) is 3.39. The van der Waals surface area contributed by atoms with E-state index in [1.807, 2.05) is 0 Å². The number of hydrogen-bond donors (Lipinski definition) is 1. The Bertz CT molecular complexity index is 553. The van der Waals surface area contributed by atoms with Crippen molar-refractivity contribution in [2.24, 2.45) is 5.92 Å². The molecule has 1 atom stereocenters. The Kier molecular flexibility index (Phi) is 4.51. The van der Waals surface area contributed by atoms with Gasteiger partial charge in [0, 0.05) is 6.42 Å². The average molecular weight is 303 g/mol. The smallest absolute Gasteiger partial charge is 0.230 e. The quantitative estimate of drug-likeness (QED) is 0.884. The lowest BCUT2D eigenvalue weighted by molar-refractivity contribution is -0.119. The molecule has 0 aliphatic carbocycles. The van der Waals surface area contributed by atoms with Crippen molar-refractivity contribution in [3.8, 4) is 0 Å². The maximum Gasteiger partial charge on any atom is 0.230 e. The molecular weight excluding hydrogens is 286 g/mol. The van der Waals surface area contributed by atoms with Crippen LogP contribution in [0.5, 0.6) is 0 Å². The van der Waals surface area contributed by atoms with Crippen LogP contribution in [0, 0.1) is 5.92 Å². The number of nitrogens with zero attached hydrogens (tertiary/aromatic N) is 2. The van der Waals surface area contributed by atoms with Crippen LogP contribution in [0.25, 0.3) is 0 Å². The molecule has 1 aromatic rings. The molecule has 8 heteroatoms. The van der Waals surface area contributed by atoms with Crippen LogP contribution in [0.1, 0.15) is 31.2 Å². The number of carbonyl (C=O) groups excluding carboxylic acids is 1. The van der Waals surface area contributed by atoms with Crippen LogP contribution < -0.4 is 5.32 Å². The summed E-state index contributed by atoms with van der Waals surface area (Å²) >= 11 is 1.36. The summed E-state index contributed by atoms with van der Waals surface area (Å²) in [5, 5.41) is 11.9. The molecule has 2 rings (SSSR count). The lowest BCUT2D eigenvalue weighted by Gasteiger charge is -2.05. The molecule has 1 N–H and O–H groups in total. The van der Waals surface area contributed by atoms with E-state index in [2.05, 4.69) is 22.4 Å². The number of carbonyl (C=O) groups is 1. The van der Waals surface area contributed by atoms with Crippen LogP contribution in [0.2, 0.25) is 0 Å². The molecule has 1 aromatic heterocycles. The second-order valence-electron chi connectivity index (χ2n) is 4.69. The first-order chi connectivity index (χ1) is 9.00. The third-order valence-electron chi connectivity index (χ3n) is 3.04. The van der Waals surface area contributed by atoms with E-state index in [0.29, 0.717) is 11.6 Å². The number of anilines is 1. The van der Waals surface area contributed by atoms with Crippen molar-refractivity contribution in [2.75, 3.05) is 16.8 Å². The Morgan fingerprint density at radius 2 is 2.26 bits per heavy atom. The minimum absolute atomic E-state index is 0.0552. The second kappa shape index (κ2) is 5.96. The van der Waals surface area contributed by atoms with E-state index < -0.39 is 15.8 Å². The zero-order valence-electron chi connectivity index (χ0n) is 10.8. The van der Waals surface area contributed by atoms with Crippen molar-refractivity contribution in [3.05, 3.63) is 5.01 Å². The topological polar surface area (TPSA) is 89.0 Å². The second-order valence-corrected chi connectivity index (χ2v) is 7.98. The molecule has 1 unspecified atom stereocenters. The van der Waals surface area contributed by atoms with Crippen molar-refractivity contribution in [1.29, 1.82) is 0 Å². The Morgan fingerprint density at radius 1 is 1.47 bits per heavy atom. The number of hydrogen-bond acceptors (Lipinski definition) is 6. The van der Waals surface area contributed by atoms with Crippen LogP contribution in [0.4, 0.5) is 5.13 Å². The SMILES string of the molecule is CCCCc1nnc(NC(=O)C2CCS(=O)(=O)C2)s1. The number of unbranched alkanes of at least 4 members (excludes halogenated alkanes) is 1. The molecule has 19 heavy (non-hydrogen) atoms. The first kappa shape index (κ1) is 14.4. The Morgan fingerprint density at radius 3 is 2.89 bits per heavy atom. The summed E-state index contributed by atoms with van der Waals surface area (Å²) in [6.45, 7) is 2.10. The highest BCUT2D eigenvalue weighted by atomic mass is 32.2. The highest BCUT2D eigenvalue weighted by molar-refractivity contribution is 7.91. The van der Waals surface area contributed by atoms with Crippen LogP contribution in [-0.4, -0.2) is 36.0 Å². The normalized spacial score (nSPS) is 21.4. The largest absolute Gasteiger partial charge is 0.300 e. The zero-order valence-corrected chi connectivity index (χ0v) is 12.4. The van der Waals surface area contributed by atoms with Gasteiger partial charge in [0.25, 0.3) is 0 Å². The molecule has 0 bridgehead atoms. The van der Waals surface area contributed by atoms with Gasteiger partial charge in [-0.15, -0.1) is 10.2 Å². The van der Waals surface area contributed by atoms with Crippen LogP contribution in [0.15, 0.2) is 0 Å². The predicted octanol–water partition coefficient (Wildman–Crippen LogP) is 1.25. The van der Waals surface area contributed by atoms with Gasteiger partial charge < -0.3 is 5.32 Å². The average Bonchev–Trinajstić information content (AvgIpc) is 2.93. The Labute approximate surface area is 116 Å². The van der Waals surface area contributed by atoms with Crippen LogP contribution >= 0.6 is 11.3 Å². The Hall–Kier alpha value is -1.02. The fraction of sp³-hybridized carbons (Fsp3) is 0.727. The maximum absolute atomic E-state index is 11.9. The van der Waals surface area contributed by atoms with E-state index in [1.165, 1.54) is 11.3 Å². The van der Waals surface area contributed by atoms with E-state index >= 15 is 0 Å². The molecule has 2 heterocycles. The highest BCUT2D eigenvalue weighted by Crippen LogP contribution is 2.22. The van der Waals surface area contributed by atoms with Gasteiger partial charge in [0.05, 0.1) is 17.4 Å². The van der Waals surface area contributed by atoms with Crippen molar-refractivity contribution in [2.45, 2.75) is 32.6 Å². The fourth-order valence-electron chi connectivity index (χ4n) is 1.94. The summed E-state index contributed by atoms with van der Waals surface area (Å²) in [6, 6.07) is 0. The molecule has 0 radical (unpaired) electrons. The molecule has 1 saturated heterocycles. The van der Waals surface area contributed by atoms with Crippen LogP contribution in [-0.2, 0) is 21.1 Å². The first-order valence-corrected chi connectivity index (χ1v) is 8.97. The summed E-state index contributed by atoms with van der Waals surface area (Å²) in [5.41, 5.74) is 0. The van der Waals surface area contributed by atoms with E-state index in [0.717, 1.165) is 24.3 Å². The number of sulfone groups is 1. The maximum atomic E-state index is 11.9. The molecule has 1 aliphatic rings. The molecule has 106 valence electrons. The fourth-order valence-corrected chi connectivity index (χ4v) is 4.47. The van der Waals surface area contributed by atoms with Gasteiger partial charge in [0.2, 0.25) is 11.0 Å². The van der Waals surface area contributed by atoms with Crippen molar-refractivity contribution >= 4 is 32.2 Å². The third-order valence-corrected chi connectivity index (χ3v) is 5.71. The number of amides is 1. The van der Waals surface area contributed by atoms with Crippen LogP contribution in [0.3, 0.4) is 0 Å². The highest BCUT2D eigenvalue weighted by Gasteiger charge is 2.33. The minimum Gasteiger partial charge on any atom is -0.300 e. The van der Waals surface area contributed by atoms with Crippen molar-refractivity contribution in [3.63, 3.8) is 0 Å². The minimum atomic E-state index is -3.03. The number of aryl methyl sites for hydroxylation is 1. The van der Waals surface area contributed by atoms with Gasteiger partial charge in [-0.05, 0) is 12.8 Å². The van der Waals surface area contributed by atoms with Crippen molar-refractivity contribution in [1.82, 2.24) is 10.2 Å². The molecule has 1 fully saturated rings. The molecule has 6 nitrogen and oxygen atoms in total. The van der Waals surface area contributed by atoms with Gasteiger partial charge in [0.15, 0.2) is 9.84 Å². The van der Waals surface area contributed by atoms with Gasteiger partial charge in [0.1, 0.15) is 5.01 Å². The lowest BCUT2D eigenvalue weighted by atomic mass is 10.1. The summed E-state index contributed by atoms with van der Waals surface area (Å²) in [7, 11) is -3.03. The van der Waals surface area contributed by atoms with E-state index in [9.17, 15) is 13.2 Å². The Balaban J connectivity index is 1.90. The monoisotopic (exact) mass is 303 g/mol. The van der Waals surface area contributed by atoms with Gasteiger partial charge in [-0.3, -0.25) is 4.79 Å². The molecule has 1 amide bonds. The number of aromatic nitrogens is 2. The number of nitrogens with one attached hydrogen (secondary N) is 1. The van der Waals surface area contributed by atoms with E-state index in [-0.39, 0.29) is 17.4 Å². The standard InChI is InChI=1S/C11H17N3O3S2/c1-2-3-4-9-13-14-11(18-9)12-10(15)8-5-6-19(16,17)7-8/h8H,2-7H2,1H3,(H,12,14,15). The van der Waals surface area contributed by atoms with E-state index in [4.69, 9.17) is 0 Å². The molecule has 1 aliphatic heterocycles. The van der Waals surface area contributed by atoms with Gasteiger partial charge in [-0.2, -0.15) is 0 Å². The van der Waals surface area contributed by atoms with Gasteiger partial charge >= 0.3 is 0 Å². The molecule has 0 spiro atoms. The summed E-state index contributed by atoms with van der Waals surface area (Å²) < 4.78 is 22.6. The molecule has 0 saturated carbocycles. The first-order valence-electron chi connectivity index (χ1n) is 6.34. The van der Waals surface area contributed by atoms with E-state index in [1.54, 1.807) is 0 Å². The summed E-state index contributed by atoms with van der Waals surface area (Å²) in [5.74, 6) is -0.671. The van der Waals surface area contributed by atoms with Crippen molar-refractivity contribution < 1.29 is 13.2 Å². The zero-order chi connectivity index (χ0) is 13.9. The third kappa shape index (κ3) is 3.97. The lowest BCUT2D eigenvalue weighted by Crippen LogP contribution is -2.23. The predicted molar refractivity (Wildman–Crippen MR) is 73.9 cm³/mol. The number of rotatable bonds is 5. The van der Waals surface area contributed by atoms with Gasteiger partial charge in [-0.25, -0.2) is 8.42 Å². The summed E-state index contributed by atoms with van der Waals surface area (Å²) in [4.78, 5) is 11.9. The van der Waals surface area contributed by atoms with Gasteiger partial charge in [-0.1, -0.05) is 24.7 Å². The molecular formula is C11H17N3O3S2. The molecule has 0 aromatic carbocycles.